The monoisotopic (exact) mass is 370 g/mol. The fourth-order valence-electron chi connectivity index (χ4n) is 3.65. The lowest BCUT2D eigenvalue weighted by molar-refractivity contribution is -0.130. The molecule has 0 radical (unpaired) electrons. The number of carbonyl (C=O) groups is 1. The fourth-order valence-corrected chi connectivity index (χ4v) is 3.65. The molecule has 0 aliphatic carbocycles. The van der Waals surface area contributed by atoms with Crippen LogP contribution in [0.1, 0.15) is 23.5 Å². The van der Waals surface area contributed by atoms with E-state index in [2.05, 4.69) is 41.1 Å². The molecule has 7 nitrogen and oxygen atoms in total. The molecule has 0 bridgehead atoms. The second-order valence-electron chi connectivity index (χ2n) is 7.40. The first-order chi connectivity index (χ1) is 12.8. The Morgan fingerprint density at radius 2 is 1.85 bits per heavy atom. The van der Waals surface area contributed by atoms with E-state index in [0.717, 1.165) is 0 Å². The standard InChI is InChI=1S/C20H26N4O3/c1-14-4-6-15(7-5-14)16-12-24(13-17(16)22(2)3)19(26)9-11-23-10-8-18(25)21-20(23)27/h4-8,10,16-17H,9,11-13H2,1-3H3,(H,21,25,27)/t16-,17+/m0/s1. The summed E-state index contributed by atoms with van der Waals surface area (Å²) >= 11 is 0. The lowest BCUT2D eigenvalue weighted by Crippen LogP contribution is -2.36. The van der Waals surface area contributed by atoms with Gasteiger partial charge in [-0.2, -0.15) is 0 Å². The van der Waals surface area contributed by atoms with Gasteiger partial charge in [0.15, 0.2) is 0 Å². The molecule has 0 unspecified atom stereocenters. The molecule has 2 aromatic rings. The number of carbonyl (C=O) groups excluding carboxylic acids is 1. The van der Waals surface area contributed by atoms with Crippen LogP contribution in [0.3, 0.4) is 0 Å². The van der Waals surface area contributed by atoms with Crippen molar-refractivity contribution in [2.75, 3.05) is 27.2 Å². The number of likely N-dealkylation sites (tertiary alicyclic amines) is 1. The van der Waals surface area contributed by atoms with Crippen LogP contribution in [0, 0.1) is 6.92 Å². The molecule has 0 spiro atoms. The van der Waals surface area contributed by atoms with E-state index in [4.69, 9.17) is 0 Å². The SMILES string of the molecule is Cc1ccc([C@@H]2CN(C(=O)CCn3ccc(=O)[nH]c3=O)C[C@H]2N(C)C)cc1. The number of hydrogen-bond donors (Lipinski definition) is 1. The van der Waals surface area contributed by atoms with Crippen LogP contribution in [-0.2, 0) is 11.3 Å². The van der Waals surface area contributed by atoms with Gasteiger partial charge in [-0.1, -0.05) is 29.8 Å². The molecule has 1 aromatic heterocycles. The van der Waals surface area contributed by atoms with Gasteiger partial charge in [0.2, 0.25) is 5.91 Å². The molecule has 1 fully saturated rings. The number of nitrogens with one attached hydrogen (secondary N) is 1. The van der Waals surface area contributed by atoms with E-state index in [1.54, 1.807) is 0 Å². The van der Waals surface area contributed by atoms with Gasteiger partial charge in [0, 0.05) is 50.3 Å². The van der Waals surface area contributed by atoms with Crippen molar-refractivity contribution < 1.29 is 4.79 Å². The number of H-pyrrole nitrogens is 1. The minimum absolute atomic E-state index is 0.0227. The van der Waals surface area contributed by atoms with Crippen LogP contribution < -0.4 is 11.2 Å². The Balaban J connectivity index is 1.69. The molecular weight excluding hydrogens is 344 g/mol. The zero-order valence-corrected chi connectivity index (χ0v) is 16.0. The van der Waals surface area contributed by atoms with Crippen molar-refractivity contribution in [1.29, 1.82) is 0 Å². The van der Waals surface area contributed by atoms with Crippen molar-refractivity contribution >= 4 is 5.91 Å². The van der Waals surface area contributed by atoms with Gasteiger partial charge >= 0.3 is 5.69 Å². The number of aromatic nitrogens is 2. The molecule has 144 valence electrons. The highest BCUT2D eigenvalue weighted by atomic mass is 16.2. The summed E-state index contributed by atoms with van der Waals surface area (Å²) in [4.78, 5) is 41.9. The van der Waals surface area contributed by atoms with Crippen molar-refractivity contribution in [1.82, 2.24) is 19.4 Å². The van der Waals surface area contributed by atoms with Crippen LogP contribution in [0.25, 0.3) is 0 Å². The molecule has 1 amide bonds. The molecule has 2 heterocycles. The molecule has 1 aliphatic rings. The Labute approximate surface area is 158 Å². The summed E-state index contributed by atoms with van der Waals surface area (Å²) in [6, 6.07) is 10.0. The van der Waals surface area contributed by atoms with E-state index in [1.165, 1.54) is 28.0 Å². The molecule has 2 atom stereocenters. The highest BCUT2D eigenvalue weighted by Crippen LogP contribution is 2.30. The van der Waals surface area contributed by atoms with Crippen molar-refractivity contribution in [3.05, 3.63) is 68.5 Å². The number of amides is 1. The maximum Gasteiger partial charge on any atom is 0.328 e. The zero-order chi connectivity index (χ0) is 19.6. The summed E-state index contributed by atoms with van der Waals surface area (Å²) < 4.78 is 1.36. The van der Waals surface area contributed by atoms with Crippen LogP contribution in [0.2, 0.25) is 0 Å². The van der Waals surface area contributed by atoms with Crippen LogP contribution in [-0.4, -0.2) is 58.5 Å². The predicted molar refractivity (Wildman–Crippen MR) is 104 cm³/mol. The minimum Gasteiger partial charge on any atom is -0.340 e. The van der Waals surface area contributed by atoms with Gasteiger partial charge in [0.1, 0.15) is 0 Å². The van der Waals surface area contributed by atoms with E-state index in [9.17, 15) is 14.4 Å². The molecule has 1 N–H and O–H groups in total. The second kappa shape index (κ2) is 7.92. The lowest BCUT2D eigenvalue weighted by atomic mass is 9.93. The van der Waals surface area contributed by atoms with E-state index in [-0.39, 0.29) is 30.8 Å². The van der Waals surface area contributed by atoms with Crippen molar-refractivity contribution in [2.45, 2.75) is 31.8 Å². The minimum atomic E-state index is -0.486. The Kier molecular flexibility index (Phi) is 5.60. The smallest absolute Gasteiger partial charge is 0.328 e. The molecule has 7 heteroatoms. The zero-order valence-electron chi connectivity index (χ0n) is 16.0. The van der Waals surface area contributed by atoms with Crippen LogP contribution in [0.4, 0.5) is 0 Å². The number of benzene rings is 1. The molecular formula is C20H26N4O3. The third kappa shape index (κ3) is 4.36. The van der Waals surface area contributed by atoms with E-state index < -0.39 is 11.2 Å². The summed E-state index contributed by atoms with van der Waals surface area (Å²) in [5.41, 5.74) is 1.54. The maximum atomic E-state index is 12.7. The quantitative estimate of drug-likeness (QED) is 0.844. The fraction of sp³-hybridized carbons (Fsp3) is 0.450. The molecule has 3 rings (SSSR count). The lowest BCUT2D eigenvalue weighted by Gasteiger charge is -2.25. The topological polar surface area (TPSA) is 78.4 Å². The summed E-state index contributed by atoms with van der Waals surface area (Å²) in [6.07, 6.45) is 1.66. The number of rotatable bonds is 5. The second-order valence-corrected chi connectivity index (χ2v) is 7.40. The maximum absolute atomic E-state index is 12.7. The summed E-state index contributed by atoms with van der Waals surface area (Å²) in [6.45, 7) is 3.67. The van der Waals surface area contributed by atoms with Gasteiger partial charge < -0.3 is 14.4 Å². The highest BCUT2D eigenvalue weighted by Gasteiger charge is 2.37. The molecule has 1 saturated heterocycles. The Hall–Kier alpha value is -2.67. The molecule has 27 heavy (non-hydrogen) atoms. The number of likely N-dealkylation sites (N-methyl/N-ethyl adjacent to an activating group) is 1. The van der Waals surface area contributed by atoms with Crippen molar-refractivity contribution in [3.8, 4) is 0 Å². The van der Waals surface area contributed by atoms with Gasteiger partial charge in [0.05, 0.1) is 0 Å². The van der Waals surface area contributed by atoms with Gasteiger partial charge in [0.25, 0.3) is 5.56 Å². The largest absolute Gasteiger partial charge is 0.340 e. The number of aromatic amines is 1. The summed E-state index contributed by atoms with van der Waals surface area (Å²) in [7, 11) is 4.08. The first kappa shape index (κ1) is 19.1. The van der Waals surface area contributed by atoms with E-state index >= 15 is 0 Å². The molecule has 1 aromatic carbocycles. The van der Waals surface area contributed by atoms with Gasteiger partial charge in [-0.3, -0.25) is 14.6 Å². The predicted octanol–water partition coefficient (Wildman–Crippen LogP) is 0.791. The highest BCUT2D eigenvalue weighted by molar-refractivity contribution is 5.76. The number of aryl methyl sites for hydroxylation is 2. The van der Waals surface area contributed by atoms with Crippen LogP contribution in [0.5, 0.6) is 0 Å². The third-order valence-electron chi connectivity index (χ3n) is 5.27. The number of nitrogens with zero attached hydrogens (tertiary/aromatic N) is 3. The normalized spacial score (nSPS) is 19.6. The van der Waals surface area contributed by atoms with Gasteiger partial charge in [-0.15, -0.1) is 0 Å². The van der Waals surface area contributed by atoms with Gasteiger partial charge in [-0.05, 0) is 26.6 Å². The number of hydrogen-bond acceptors (Lipinski definition) is 4. The Bertz CT molecular complexity index is 914. The van der Waals surface area contributed by atoms with Crippen molar-refractivity contribution in [2.24, 2.45) is 0 Å². The first-order valence-electron chi connectivity index (χ1n) is 9.15. The Morgan fingerprint density at radius 3 is 2.48 bits per heavy atom. The molecule has 1 aliphatic heterocycles. The first-order valence-corrected chi connectivity index (χ1v) is 9.15. The van der Waals surface area contributed by atoms with Crippen LogP contribution in [0.15, 0.2) is 46.1 Å². The molecule has 0 saturated carbocycles. The Morgan fingerprint density at radius 1 is 1.15 bits per heavy atom. The summed E-state index contributed by atoms with van der Waals surface area (Å²) in [5.74, 6) is 0.287. The summed E-state index contributed by atoms with van der Waals surface area (Å²) in [5, 5.41) is 0. The third-order valence-corrected chi connectivity index (χ3v) is 5.27. The van der Waals surface area contributed by atoms with Crippen molar-refractivity contribution in [3.63, 3.8) is 0 Å². The van der Waals surface area contributed by atoms with Gasteiger partial charge in [-0.25, -0.2) is 4.79 Å². The average Bonchev–Trinajstić information content (AvgIpc) is 3.07. The van der Waals surface area contributed by atoms with E-state index in [0.29, 0.717) is 13.1 Å². The average molecular weight is 370 g/mol. The van der Waals surface area contributed by atoms with E-state index in [1.807, 2.05) is 19.0 Å². The van der Waals surface area contributed by atoms with Crippen LogP contribution >= 0.6 is 0 Å².